The van der Waals surface area contributed by atoms with Crippen molar-refractivity contribution < 1.29 is 4.79 Å². The minimum absolute atomic E-state index is 0.217. The molecule has 0 saturated heterocycles. The maximum Gasteiger partial charge on any atom is 0.251 e. The van der Waals surface area contributed by atoms with E-state index in [1.807, 2.05) is 48.2 Å². The van der Waals surface area contributed by atoms with Crippen molar-refractivity contribution >= 4 is 40.3 Å². The van der Waals surface area contributed by atoms with Gasteiger partial charge in [-0.15, -0.1) is 11.8 Å². The first-order valence-electron chi connectivity index (χ1n) is 13.3. The van der Waals surface area contributed by atoms with Crippen molar-refractivity contribution in [2.45, 2.75) is 37.2 Å². The number of nitriles is 1. The van der Waals surface area contributed by atoms with Crippen LogP contribution in [0.25, 0.3) is 11.0 Å². The standard InChI is InChI=1S/C33H29ClN4OS/c1-2-17-40-28-15-16-31-29(20-28)36-32(38(31)22-25-9-6-10-27(34)18-25)30(19-23-7-4-3-5-8-23)37-33(39)26-13-11-24(21-35)12-14-26/h3-16,18,20,30H,2,17,19,22H2,1H3,(H,37,39). The summed E-state index contributed by atoms with van der Waals surface area (Å²) in [6, 6.07) is 32.7. The minimum atomic E-state index is -0.399. The highest BCUT2D eigenvalue weighted by Gasteiger charge is 2.24. The number of nitrogens with one attached hydrogen (secondary N) is 1. The van der Waals surface area contributed by atoms with Gasteiger partial charge in [-0.05, 0) is 84.3 Å². The topological polar surface area (TPSA) is 70.7 Å². The maximum absolute atomic E-state index is 13.5. The summed E-state index contributed by atoms with van der Waals surface area (Å²) in [5.41, 5.74) is 5.04. The predicted molar refractivity (Wildman–Crippen MR) is 163 cm³/mol. The fourth-order valence-corrected chi connectivity index (χ4v) is 5.69. The predicted octanol–water partition coefficient (Wildman–Crippen LogP) is 7.83. The third-order valence-corrected chi connectivity index (χ3v) is 8.06. The van der Waals surface area contributed by atoms with E-state index in [9.17, 15) is 4.79 Å². The molecular formula is C33H29ClN4OS. The van der Waals surface area contributed by atoms with Crippen LogP contribution in [0, 0.1) is 11.3 Å². The molecule has 1 unspecified atom stereocenters. The summed E-state index contributed by atoms with van der Waals surface area (Å²) >= 11 is 8.15. The Balaban J connectivity index is 1.59. The van der Waals surface area contributed by atoms with Gasteiger partial charge in [0.15, 0.2) is 0 Å². The number of halogens is 1. The van der Waals surface area contributed by atoms with Gasteiger partial charge in [0.25, 0.3) is 5.91 Å². The molecule has 5 aromatic rings. The lowest BCUT2D eigenvalue weighted by Gasteiger charge is -2.21. The van der Waals surface area contributed by atoms with Crippen molar-refractivity contribution in [1.29, 1.82) is 5.26 Å². The molecular weight excluding hydrogens is 536 g/mol. The molecule has 0 aliphatic rings. The van der Waals surface area contributed by atoms with E-state index in [1.54, 1.807) is 24.3 Å². The highest BCUT2D eigenvalue weighted by Crippen LogP contribution is 2.29. The van der Waals surface area contributed by atoms with Gasteiger partial charge in [0.1, 0.15) is 5.82 Å². The number of carbonyl (C=O) groups is 1. The number of imidazole rings is 1. The number of amides is 1. The molecule has 0 radical (unpaired) electrons. The number of hydrogen-bond donors (Lipinski definition) is 1. The van der Waals surface area contributed by atoms with E-state index in [0.29, 0.717) is 29.1 Å². The summed E-state index contributed by atoms with van der Waals surface area (Å²) in [5, 5.41) is 13.1. The van der Waals surface area contributed by atoms with Crippen LogP contribution < -0.4 is 5.32 Å². The zero-order valence-corrected chi connectivity index (χ0v) is 23.8. The average molecular weight is 565 g/mol. The van der Waals surface area contributed by atoms with E-state index >= 15 is 0 Å². The van der Waals surface area contributed by atoms with E-state index in [0.717, 1.165) is 40.2 Å². The second-order valence-electron chi connectivity index (χ2n) is 9.59. The van der Waals surface area contributed by atoms with Crippen LogP contribution in [-0.4, -0.2) is 21.2 Å². The van der Waals surface area contributed by atoms with Gasteiger partial charge in [-0.3, -0.25) is 4.79 Å². The van der Waals surface area contributed by atoms with Crippen molar-refractivity contribution in [3.05, 3.63) is 130 Å². The van der Waals surface area contributed by atoms with E-state index in [2.05, 4.69) is 59.3 Å². The largest absolute Gasteiger partial charge is 0.342 e. The molecule has 0 fully saturated rings. The number of hydrogen-bond acceptors (Lipinski definition) is 4. The zero-order chi connectivity index (χ0) is 27.9. The Hall–Kier alpha value is -4.05. The minimum Gasteiger partial charge on any atom is -0.342 e. The molecule has 4 aromatic carbocycles. The monoisotopic (exact) mass is 564 g/mol. The van der Waals surface area contributed by atoms with Crippen LogP contribution in [0.5, 0.6) is 0 Å². The molecule has 0 bridgehead atoms. The van der Waals surface area contributed by atoms with E-state index in [-0.39, 0.29) is 5.91 Å². The normalized spacial score (nSPS) is 11.7. The van der Waals surface area contributed by atoms with Crippen LogP contribution in [0.15, 0.2) is 102 Å². The smallest absolute Gasteiger partial charge is 0.251 e. The van der Waals surface area contributed by atoms with E-state index in [4.69, 9.17) is 21.8 Å². The summed E-state index contributed by atoms with van der Waals surface area (Å²) in [6.45, 7) is 2.74. The van der Waals surface area contributed by atoms with Gasteiger partial charge in [0.05, 0.1) is 28.7 Å². The molecule has 0 spiro atoms. The number of benzene rings is 4. The quantitative estimate of drug-likeness (QED) is 0.175. The average Bonchev–Trinajstić information content (AvgIpc) is 3.33. The first-order chi connectivity index (χ1) is 19.5. The SMILES string of the molecule is CCCSc1ccc2c(c1)nc(C(Cc1ccccc1)NC(=O)c1ccc(C#N)cc1)n2Cc1cccc(Cl)c1. The Bertz CT molecular complexity index is 1660. The van der Waals surface area contributed by atoms with Crippen molar-refractivity contribution in [3.8, 4) is 6.07 Å². The van der Waals surface area contributed by atoms with Gasteiger partial charge in [-0.2, -0.15) is 5.26 Å². The van der Waals surface area contributed by atoms with Crippen LogP contribution in [0.4, 0.5) is 0 Å². The second kappa shape index (κ2) is 12.9. The molecule has 7 heteroatoms. The van der Waals surface area contributed by atoms with E-state index < -0.39 is 6.04 Å². The van der Waals surface area contributed by atoms with Crippen molar-refractivity contribution in [2.75, 3.05) is 5.75 Å². The summed E-state index contributed by atoms with van der Waals surface area (Å²) < 4.78 is 2.18. The molecule has 1 atom stereocenters. The molecule has 1 amide bonds. The Morgan fingerprint density at radius 3 is 2.50 bits per heavy atom. The number of carbonyl (C=O) groups excluding carboxylic acids is 1. The van der Waals surface area contributed by atoms with E-state index in [1.165, 1.54) is 4.90 Å². The number of aromatic nitrogens is 2. The van der Waals surface area contributed by atoms with Crippen molar-refractivity contribution in [3.63, 3.8) is 0 Å². The fraction of sp³-hybridized carbons (Fsp3) is 0.182. The number of rotatable bonds is 10. The molecule has 0 aliphatic carbocycles. The molecule has 1 aromatic heterocycles. The molecule has 1 heterocycles. The molecule has 40 heavy (non-hydrogen) atoms. The molecule has 200 valence electrons. The van der Waals surface area contributed by atoms with Crippen molar-refractivity contribution in [1.82, 2.24) is 14.9 Å². The molecule has 0 saturated carbocycles. The van der Waals surface area contributed by atoms with Gasteiger partial charge >= 0.3 is 0 Å². The van der Waals surface area contributed by atoms with Gasteiger partial charge < -0.3 is 9.88 Å². The summed E-state index contributed by atoms with van der Waals surface area (Å²) in [6.07, 6.45) is 1.66. The molecule has 5 rings (SSSR count). The van der Waals surface area contributed by atoms with Gasteiger partial charge in [0, 0.05) is 22.0 Å². The third kappa shape index (κ3) is 6.56. The van der Waals surface area contributed by atoms with Crippen LogP contribution >= 0.6 is 23.4 Å². The summed E-state index contributed by atoms with van der Waals surface area (Å²) in [5.74, 6) is 1.60. The lowest BCUT2D eigenvalue weighted by atomic mass is 10.0. The summed E-state index contributed by atoms with van der Waals surface area (Å²) in [7, 11) is 0. The van der Waals surface area contributed by atoms with Gasteiger partial charge in [-0.1, -0.05) is 61.0 Å². The third-order valence-electron chi connectivity index (χ3n) is 6.63. The first kappa shape index (κ1) is 27.5. The Labute approximate surface area is 243 Å². The van der Waals surface area contributed by atoms with Gasteiger partial charge in [0.2, 0.25) is 0 Å². The Kier molecular flexibility index (Phi) is 8.85. The van der Waals surface area contributed by atoms with Crippen molar-refractivity contribution in [2.24, 2.45) is 0 Å². The highest BCUT2D eigenvalue weighted by molar-refractivity contribution is 7.99. The van der Waals surface area contributed by atoms with Crippen LogP contribution in [0.3, 0.4) is 0 Å². The second-order valence-corrected chi connectivity index (χ2v) is 11.2. The fourth-order valence-electron chi connectivity index (χ4n) is 4.68. The number of thioether (sulfide) groups is 1. The Morgan fingerprint density at radius 1 is 1.00 bits per heavy atom. The maximum atomic E-state index is 13.5. The molecule has 1 N–H and O–H groups in total. The van der Waals surface area contributed by atoms with Crippen LogP contribution in [0.1, 0.15) is 52.3 Å². The molecule has 5 nitrogen and oxygen atoms in total. The number of nitrogens with zero attached hydrogens (tertiary/aromatic N) is 3. The lowest BCUT2D eigenvalue weighted by Crippen LogP contribution is -2.32. The summed E-state index contributed by atoms with van der Waals surface area (Å²) in [4.78, 5) is 19.8. The van der Waals surface area contributed by atoms with Gasteiger partial charge in [-0.25, -0.2) is 4.98 Å². The Morgan fingerprint density at radius 2 is 1.77 bits per heavy atom. The first-order valence-corrected chi connectivity index (χ1v) is 14.6. The zero-order valence-electron chi connectivity index (χ0n) is 22.2. The molecule has 0 aliphatic heterocycles. The van der Waals surface area contributed by atoms with Crippen LogP contribution in [-0.2, 0) is 13.0 Å². The highest BCUT2D eigenvalue weighted by atomic mass is 35.5. The lowest BCUT2D eigenvalue weighted by molar-refractivity contribution is 0.0934. The van der Waals surface area contributed by atoms with Crippen LogP contribution in [0.2, 0.25) is 5.02 Å². The number of fused-ring (bicyclic) bond motifs is 1.